The summed E-state index contributed by atoms with van der Waals surface area (Å²) >= 11 is 0. The van der Waals surface area contributed by atoms with E-state index < -0.39 is 0 Å². The molecule has 4 nitrogen and oxygen atoms in total. The normalized spacial score (nSPS) is 21.2. The van der Waals surface area contributed by atoms with Crippen LogP contribution in [-0.4, -0.2) is 29.3 Å². The van der Waals surface area contributed by atoms with Crippen molar-refractivity contribution in [2.24, 2.45) is 5.92 Å². The summed E-state index contributed by atoms with van der Waals surface area (Å²) in [6.45, 7) is 5.17. The van der Waals surface area contributed by atoms with Gasteiger partial charge in [0.05, 0.1) is 6.42 Å². The second-order valence-electron chi connectivity index (χ2n) is 6.05. The maximum atomic E-state index is 12.7. The molecule has 4 heteroatoms. The summed E-state index contributed by atoms with van der Waals surface area (Å²) < 4.78 is 0. The minimum Gasteiger partial charge on any atom is -0.335 e. The molecule has 106 valence electrons. The third-order valence-corrected chi connectivity index (χ3v) is 4.31. The number of benzene rings is 1. The minimum absolute atomic E-state index is 0.00540. The van der Waals surface area contributed by atoms with E-state index in [9.17, 15) is 9.59 Å². The van der Waals surface area contributed by atoms with Gasteiger partial charge < -0.3 is 10.2 Å². The molecule has 1 aromatic rings. The highest BCUT2D eigenvalue weighted by molar-refractivity contribution is 6.02. The standard InChI is InChI=1S/C16H20N2O2/c1-10(2)14-4-3-7-18(14)16(20)12-6-5-11-9-15(19)17-13(11)8-12/h5-6,8,10,14H,3-4,7,9H2,1-2H3,(H,17,19). The number of likely N-dealkylation sites (tertiary alicyclic amines) is 1. The molecule has 1 fully saturated rings. The van der Waals surface area contributed by atoms with Crippen LogP contribution in [0.25, 0.3) is 0 Å². The molecule has 1 aromatic carbocycles. The van der Waals surface area contributed by atoms with Crippen molar-refractivity contribution >= 4 is 17.5 Å². The Morgan fingerprint density at radius 2 is 2.20 bits per heavy atom. The number of nitrogens with zero attached hydrogens (tertiary/aromatic N) is 1. The molecule has 2 aliphatic heterocycles. The van der Waals surface area contributed by atoms with Crippen molar-refractivity contribution in [1.82, 2.24) is 4.90 Å². The van der Waals surface area contributed by atoms with E-state index >= 15 is 0 Å². The predicted molar refractivity (Wildman–Crippen MR) is 77.7 cm³/mol. The molecule has 0 bridgehead atoms. The van der Waals surface area contributed by atoms with Gasteiger partial charge in [-0.1, -0.05) is 19.9 Å². The highest BCUT2D eigenvalue weighted by Crippen LogP contribution is 2.28. The minimum atomic E-state index is 0.00540. The van der Waals surface area contributed by atoms with Crippen LogP contribution in [-0.2, 0) is 11.2 Å². The number of anilines is 1. The molecule has 1 N–H and O–H groups in total. The fourth-order valence-corrected chi connectivity index (χ4v) is 3.25. The van der Waals surface area contributed by atoms with Crippen molar-refractivity contribution < 1.29 is 9.59 Å². The van der Waals surface area contributed by atoms with Gasteiger partial charge in [-0.15, -0.1) is 0 Å². The molecule has 0 spiro atoms. The topological polar surface area (TPSA) is 49.4 Å². The molecular weight excluding hydrogens is 252 g/mol. The number of hydrogen-bond acceptors (Lipinski definition) is 2. The average molecular weight is 272 g/mol. The summed E-state index contributed by atoms with van der Waals surface area (Å²) in [4.78, 5) is 26.0. The largest absolute Gasteiger partial charge is 0.335 e. The van der Waals surface area contributed by atoms with Gasteiger partial charge in [-0.3, -0.25) is 9.59 Å². The van der Waals surface area contributed by atoms with Crippen molar-refractivity contribution in [2.45, 2.75) is 39.2 Å². The fraction of sp³-hybridized carbons (Fsp3) is 0.500. The fourth-order valence-electron chi connectivity index (χ4n) is 3.25. The Morgan fingerprint density at radius 3 is 2.95 bits per heavy atom. The number of hydrogen-bond donors (Lipinski definition) is 1. The Hall–Kier alpha value is -1.84. The lowest BCUT2D eigenvalue weighted by Gasteiger charge is -2.27. The van der Waals surface area contributed by atoms with E-state index in [1.54, 1.807) is 0 Å². The molecule has 0 aliphatic carbocycles. The van der Waals surface area contributed by atoms with E-state index in [-0.39, 0.29) is 11.8 Å². The van der Waals surface area contributed by atoms with Crippen LogP contribution in [0.15, 0.2) is 18.2 Å². The zero-order valence-electron chi connectivity index (χ0n) is 12.0. The van der Waals surface area contributed by atoms with E-state index in [1.807, 2.05) is 23.1 Å². The number of amides is 2. The first-order chi connectivity index (χ1) is 9.56. The average Bonchev–Trinajstić information content (AvgIpc) is 3.01. The lowest BCUT2D eigenvalue weighted by atomic mass is 10.0. The lowest BCUT2D eigenvalue weighted by Crippen LogP contribution is -2.38. The van der Waals surface area contributed by atoms with Crippen LogP contribution in [0, 0.1) is 5.92 Å². The van der Waals surface area contributed by atoms with Gasteiger partial charge in [0.25, 0.3) is 5.91 Å². The lowest BCUT2D eigenvalue weighted by molar-refractivity contribution is -0.115. The van der Waals surface area contributed by atoms with Gasteiger partial charge in [0.2, 0.25) is 5.91 Å². The number of nitrogens with one attached hydrogen (secondary N) is 1. The van der Waals surface area contributed by atoms with Crippen molar-refractivity contribution in [1.29, 1.82) is 0 Å². The van der Waals surface area contributed by atoms with Gasteiger partial charge in [-0.2, -0.15) is 0 Å². The molecule has 2 heterocycles. The highest BCUT2D eigenvalue weighted by Gasteiger charge is 2.31. The molecular formula is C16H20N2O2. The highest BCUT2D eigenvalue weighted by atomic mass is 16.2. The second-order valence-corrected chi connectivity index (χ2v) is 6.05. The first-order valence-electron chi connectivity index (χ1n) is 7.30. The van der Waals surface area contributed by atoms with Gasteiger partial charge in [0, 0.05) is 23.8 Å². The van der Waals surface area contributed by atoms with Crippen LogP contribution < -0.4 is 5.32 Å². The number of carbonyl (C=O) groups is 2. The Balaban J connectivity index is 1.84. The summed E-state index contributed by atoms with van der Waals surface area (Å²) in [5.74, 6) is 0.576. The maximum absolute atomic E-state index is 12.7. The van der Waals surface area contributed by atoms with Crippen LogP contribution in [0.4, 0.5) is 5.69 Å². The zero-order chi connectivity index (χ0) is 14.3. The van der Waals surface area contributed by atoms with E-state index in [0.717, 1.165) is 30.6 Å². The number of fused-ring (bicyclic) bond motifs is 1. The Kier molecular flexibility index (Phi) is 3.24. The van der Waals surface area contributed by atoms with Gasteiger partial charge in [-0.25, -0.2) is 0 Å². The zero-order valence-corrected chi connectivity index (χ0v) is 12.0. The van der Waals surface area contributed by atoms with Gasteiger partial charge in [0.1, 0.15) is 0 Å². The molecule has 1 unspecified atom stereocenters. The van der Waals surface area contributed by atoms with Crippen molar-refractivity contribution in [3.05, 3.63) is 29.3 Å². The van der Waals surface area contributed by atoms with Gasteiger partial charge >= 0.3 is 0 Å². The molecule has 1 saturated heterocycles. The maximum Gasteiger partial charge on any atom is 0.254 e. The first-order valence-corrected chi connectivity index (χ1v) is 7.30. The first kappa shape index (κ1) is 13.2. The summed E-state index contributed by atoms with van der Waals surface area (Å²) in [5, 5.41) is 2.81. The smallest absolute Gasteiger partial charge is 0.254 e. The molecule has 0 aromatic heterocycles. The van der Waals surface area contributed by atoms with Crippen LogP contribution in [0.5, 0.6) is 0 Å². The Labute approximate surface area is 119 Å². The molecule has 20 heavy (non-hydrogen) atoms. The summed E-state index contributed by atoms with van der Waals surface area (Å²) in [5.41, 5.74) is 2.45. The Morgan fingerprint density at radius 1 is 1.40 bits per heavy atom. The quantitative estimate of drug-likeness (QED) is 0.899. The molecule has 2 aliphatic rings. The van der Waals surface area contributed by atoms with Crippen LogP contribution in [0.2, 0.25) is 0 Å². The second kappa shape index (κ2) is 4.93. The van der Waals surface area contributed by atoms with E-state index in [1.165, 1.54) is 0 Å². The molecule has 1 atom stereocenters. The molecule has 3 rings (SSSR count). The predicted octanol–water partition coefficient (Wildman–Crippen LogP) is 2.44. The third kappa shape index (κ3) is 2.19. The van der Waals surface area contributed by atoms with Crippen LogP contribution in [0.1, 0.15) is 42.6 Å². The molecule has 2 amide bonds. The summed E-state index contributed by atoms with van der Waals surface area (Å²) in [6.07, 6.45) is 2.59. The van der Waals surface area contributed by atoms with Crippen molar-refractivity contribution in [3.63, 3.8) is 0 Å². The number of carbonyl (C=O) groups excluding carboxylic acids is 2. The Bertz CT molecular complexity index is 566. The molecule has 0 saturated carbocycles. The van der Waals surface area contributed by atoms with Gasteiger partial charge in [-0.05, 0) is 36.5 Å². The SMILES string of the molecule is CC(C)C1CCCN1C(=O)c1ccc2c(c1)NC(=O)C2. The monoisotopic (exact) mass is 272 g/mol. The summed E-state index contributed by atoms with van der Waals surface area (Å²) in [7, 11) is 0. The molecule has 0 radical (unpaired) electrons. The summed E-state index contributed by atoms with van der Waals surface area (Å²) in [6, 6.07) is 5.89. The third-order valence-electron chi connectivity index (χ3n) is 4.31. The van der Waals surface area contributed by atoms with Crippen LogP contribution >= 0.6 is 0 Å². The van der Waals surface area contributed by atoms with Gasteiger partial charge in [0.15, 0.2) is 0 Å². The van der Waals surface area contributed by atoms with Crippen LogP contribution in [0.3, 0.4) is 0 Å². The van der Waals surface area contributed by atoms with Crippen molar-refractivity contribution in [2.75, 3.05) is 11.9 Å². The number of rotatable bonds is 2. The van der Waals surface area contributed by atoms with E-state index in [2.05, 4.69) is 19.2 Å². The van der Waals surface area contributed by atoms with Crippen molar-refractivity contribution in [3.8, 4) is 0 Å². The van der Waals surface area contributed by atoms with E-state index in [4.69, 9.17) is 0 Å². The van der Waals surface area contributed by atoms with E-state index in [0.29, 0.717) is 23.9 Å².